The highest BCUT2D eigenvalue weighted by atomic mass is 35.5. The Balaban J connectivity index is 2.02. The van der Waals surface area contributed by atoms with E-state index in [0.29, 0.717) is 5.69 Å². The molecule has 126 valence electrons. The molecule has 0 aliphatic rings. The van der Waals surface area contributed by atoms with Crippen LogP contribution in [0.15, 0.2) is 40.6 Å². The van der Waals surface area contributed by atoms with E-state index in [1.807, 2.05) is 11.4 Å². The Hall–Kier alpha value is -1.54. The van der Waals surface area contributed by atoms with E-state index in [1.54, 1.807) is 45.0 Å². The van der Waals surface area contributed by atoms with Crippen molar-refractivity contribution in [2.45, 2.75) is 31.2 Å². The van der Waals surface area contributed by atoms with E-state index in [4.69, 9.17) is 11.6 Å². The molecule has 0 bridgehead atoms. The molecule has 24 heavy (non-hydrogen) atoms. The first-order chi connectivity index (χ1) is 11.2. The van der Waals surface area contributed by atoms with Gasteiger partial charge in [0.05, 0.1) is 20.8 Å². The number of fused-ring (bicyclic) bond motifs is 1. The number of sulfonamides is 1. The molecule has 8 heteroatoms. The summed E-state index contributed by atoms with van der Waals surface area (Å²) in [6.07, 6.45) is 0. The molecular weight excluding hydrogens is 366 g/mol. The van der Waals surface area contributed by atoms with Crippen LogP contribution in [0.1, 0.15) is 20.8 Å². The number of aromatic nitrogens is 2. The maximum absolute atomic E-state index is 12.4. The Kier molecular flexibility index (Phi) is 4.37. The van der Waals surface area contributed by atoms with Crippen LogP contribution in [0.2, 0.25) is 5.28 Å². The lowest BCUT2D eigenvalue weighted by Gasteiger charge is -2.20. The summed E-state index contributed by atoms with van der Waals surface area (Å²) in [6.45, 7) is 5.40. The lowest BCUT2D eigenvalue weighted by Crippen LogP contribution is -2.40. The van der Waals surface area contributed by atoms with Gasteiger partial charge in [0.25, 0.3) is 0 Å². The van der Waals surface area contributed by atoms with Crippen LogP contribution in [-0.2, 0) is 10.0 Å². The molecule has 0 saturated carbocycles. The summed E-state index contributed by atoms with van der Waals surface area (Å²) in [5.74, 6) is 0. The minimum atomic E-state index is -3.56. The third-order valence-electron chi connectivity index (χ3n) is 3.15. The molecule has 3 aromatic rings. The van der Waals surface area contributed by atoms with Crippen molar-refractivity contribution < 1.29 is 8.42 Å². The molecule has 1 N–H and O–H groups in total. The van der Waals surface area contributed by atoms with Crippen LogP contribution in [0.4, 0.5) is 0 Å². The van der Waals surface area contributed by atoms with E-state index in [-0.39, 0.29) is 10.2 Å². The Bertz CT molecular complexity index is 990. The Morgan fingerprint density at radius 1 is 1.08 bits per heavy atom. The van der Waals surface area contributed by atoms with Crippen molar-refractivity contribution in [2.24, 2.45) is 0 Å². The second-order valence-electron chi connectivity index (χ2n) is 6.36. The summed E-state index contributed by atoms with van der Waals surface area (Å²) in [5.41, 5.74) is 1.73. The summed E-state index contributed by atoms with van der Waals surface area (Å²) in [6, 6.07) is 8.48. The molecule has 0 radical (unpaired) electrons. The zero-order chi connectivity index (χ0) is 17.5. The quantitative estimate of drug-likeness (QED) is 0.693. The minimum absolute atomic E-state index is 0.169. The first-order valence-electron chi connectivity index (χ1n) is 7.21. The first-order valence-corrected chi connectivity index (χ1v) is 9.95. The van der Waals surface area contributed by atoms with Gasteiger partial charge in [-0.2, -0.15) is 0 Å². The zero-order valence-electron chi connectivity index (χ0n) is 13.4. The van der Waals surface area contributed by atoms with E-state index >= 15 is 0 Å². The molecule has 2 aromatic heterocycles. The van der Waals surface area contributed by atoms with Gasteiger partial charge in [-0.15, -0.1) is 11.3 Å². The van der Waals surface area contributed by atoms with E-state index in [9.17, 15) is 8.42 Å². The third-order valence-corrected chi connectivity index (χ3v) is 6.01. The zero-order valence-corrected chi connectivity index (χ0v) is 15.8. The average Bonchev–Trinajstić information content (AvgIpc) is 2.92. The van der Waals surface area contributed by atoms with Crippen molar-refractivity contribution in [3.8, 4) is 11.3 Å². The van der Waals surface area contributed by atoms with Crippen LogP contribution in [0, 0.1) is 0 Å². The van der Waals surface area contributed by atoms with Gasteiger partial charge in [0.1, 0.15) is 0 Å². The summed E-state index contributed by atoms with van der Waals surface area (Å²) < 4.78 is 28.3. The molecule has 0 amide bonds. The van der Waals surface area contributed by atoms with Gasteiger partial charge < -0.3 is 0 Å². The van der Waals surface area contributed by atoms with E-state index in [2.05, 4.69) is 14.7 Å². The molecule has 5 nitrogen and oxygen atoms in total. The molecule has 0 saturated heterocycles. The van der Waals surface area contributed by atoms with Crippen LogP contribution in [0.25, 0.3) is 21.5 Å². The van der Waals surface area contributed by atoms with Crippen molar-refractivity contribution in [3.05, 3.63) is 41.0 Å². The van der Waals surface area contributed by atoms with Gasteiger partial charge >= 0.3 is 0 Å². The van der Waals surface area contributed by atoms with Crippen LogP contribution < -0.4 is 4.72 Å². The van der Waals surface area contributed by atoms with Crippen molar-refractivity contribution in [3.63, 3.8) is 0 Å². The fourth-order valence-electron chi connectivity index (χ4n) is 2.28. The van der Waals surface area contributed by atoms with Gasteiger partial charge in [0, 0.05) is 11.1 Å². The largest absolute Gasteiger partial charge is 0.241 e. The summed E-state index contributed by atoms with van der Waals surface area (Å²) >= 11 is 7.50. The smallest absolute Gasteiger partial charge is 0.217 e. The number of nitrogens with zero attached hydrogens (tertiary/aromatic N) is 2. The number of thiophene rings is 1. The standard InChI is InChI=1S/C16H16ClN3O2S2/c1-16(2,3)20-24(21,22)11-6-4-10(5-7-11)13-14-12(8-9-23-14)18-15(17)19-13/h4-9,20H,1-3H3. The number of hydrogen-bond acceptors (Lipinski definition) is 5. The monoisotopic (exact) mass is 381 g/mol. The SMILES string of the molecule is CC(C)(C)NS(=O)(=O)c1ccc(-c2nc(Cl)nc3ccsc23)cc1. The van der Waals surface area contributed by atoms with E-state index in [0.717, 1.165) is 15.8 Å². The normalized spacial score (nSPS) is 12.7. The van der Waals surface area contributed by atoms with Crippen molar-refractivity contribution >= 4 is 43.2 Å². The Labute approximate surface area is 149 Å². The molecule has 0 atom stereocenters. The van der Waals surface area contributed by atoms with Gasteiger partial charge in [-0.05, 0) is 56.0 Å². The predicted molar refractivity (Wildman–Crippen MR) is 97.9 cm³/mol. The highest BCUT2D eigenvalue weighted by molar-refractivity contribution is 7.89. The molecule has 0 fully saturated rings. The first kappa shape index (κ1) is 17.3. The van der Waals surface area contributed by atoms with Gasteiger partial charge in [0.15, 0.2) is 0 Å². The molecular formula is C16H16ClN3O2S2. The van der Waals surface area contributed by atoms with Crippen LogP contribution in [0.3, 0.4) is 0 Å². The van der Waals surface area contributed by atoms with E-state index < -0.39 is 15.6 Å². The van der Waals surface area contributed by atoms with Crippen LogP contribution in [-0.4, -0.2) is 23.9 Å². The molecule has 0 aliphatic heterocycles. The highest BCUT2D eigenvalue weighted by Gasteiger charge is 2.22. The van der Waals surface area contributed by atoms with Crippen molar-refractivity contribution in [1.29, 1.82) is 0 Å². The molecule has 1 aromatic carbocycles. The van der Waals surface area contributed by atoms with Gasteiger partial charge in [-0.25, -0.2) is 23.1 Å². The Morgan fingerprint density at radius 3 is 2.38 bits per heavy atom. The predicted octanol–water partition coefficient (Wildman–Crippen LogP) is 4.09. The van der Waals surface area contributed by atoms with Crippen molar-refractivity contribution in [2.75, 3.05) is 0 Å². The second kappa shape index (κ2) is 6.07. The number of benzene rings is 1. The topological polar surface area (TPSA) is 72.0 Å². The fourth-order valence-corrected chi connectivity index (χ4v) is 4.72. The van der Waals surface area contributed by atoms with Gasteiger partial charge in [-0.3, -0.25) is 0 Å². The van der Waals surface area contributed by atoms with Crippen molar-refractivity contribution in [1.82, 2.24) is 14.7 Å². The molecule has 0 aliphatic carbocycles. The number of nitrogens with one attached hydrogen (secondary N) is 1. The highest BCUT2D eigenvalue weighted by Crippen LogP contribution is 2.31. The van der Waals surface area contributed by atoms with E-state index in [1.165, 1.54) is 11.3 Å². The van der Waals surface area contributed by atoms with Crippen LogP contribution >= 0.6 is 22.9 Å². The second-order valence-corrected chi connectivity index (χ2v) is 9.29. The summed E-state index contributed by atoms with van der Waals surface area (Å²) in [5, 5.41) is 2.09. The minimum Gasteiger partial charge on any atom is -0.217 e. The fraction of sp³-hybridized carbons (Fsp3) is 0.250. The molecule has 0 unspecified atom stereocenters. The summed E-state index contributed by atoms with van der Waals surface area (Å²) in [4.78, 5) is 8.68. The average molecular weight is 382 g/mol. The number of hydrogen-bond donors (Lipinski definition) is 1. The molecule has 2 heterocycles. The maximum atomic E-state index is 12.4. The lowest BCUT2D eigenvalue weighted by molar-refractivity contribution is 0.491. The van der Waals surface area contributed by atoms with Crippen LogP contribution in [0.5, 0.6) is 0 Å². The molecule has 3 rings (SSSR count). The lowest BCUT2D eigenvalue weighted by atomic mass is 10.1. The maximum Gasteiger partial charge on any atom is 0.241 e. The van der Waals surface area contributed by atoms with Gasteiger partial charge in [-0.1, -0.05) is 12.1 Å². The summed E-state index contributed by atoms with van der Waals surface area (Å²) in [7, 11) is -3.56. The van der Waals surface area contributed by atoms with Gasteiger partial charge in [0.2, 0.25) is 15.3 Å². The molecule has 0 spiro atoms. The third kappa shape index (κ3) is 3.59. The number of rotatable bonds is 3. The Morgan fingerprint density at radius 2 is 1.75 bits per heavy atom. The number of halogens is 1.